The lowest BCUT2D eigenvalue weighted by molar-refractivity contribution is -0.137. The number of hydrogen-bond donors (Lipinski definition) is 0. The molecule has 0 rings (SSSR count). The molecule has 0 aromatic rings. The predicted molar refractivity (Wildman–Crippen MR) is 54.4 cm³/mol. The summed E-state index contributed by atoms with van der Waals surface area (Å²) in [5, 5.41) is 0. The Hall–Kier alpha value is -1.05. The zero-order valence-electron chi connectivity index (χ0n) is 8.45. The minimum Gasteiger partial charge on any atom is -0.463 e. The zero-order valence-corrected chi connectivity index (χ0v) is 8.45. The number of rotatable bonds is 6. The number of esters is 1. The second-order valence-electron chi connectivity index (χ2n) is 2.68. The number of carbonyl (C=O) groups is 1. The third kappa shape index (κ3) is 8.86. The molecule has 13 heavy (non-hydrogen) atoms. The van der Waals surface area contributed by atoms with E-state index in [1.165, 1.54) is 18.9 Å². The van der Waals surface area contributed by atoms with E-state index in [9.17, 15) is 4.79 Å². The van der Waals surface area contributed by atoms with E-state index >= 15 is 0 Å². The first-order chi connectivity index (χ1) is 6.31. The molecule has 0 N–H and O–H groups in total. The molecular weight excluding hydrogens is 164 g/mol. The van der Waals surface area contributed by atoms with Crippen molar-refractivity contribution in [1.82, 2.24) is 0 Å². The second kappa shape index (κ2) is 9.04. The van der Waals surface area contributed by atoms with Gasteiger partial charge in [-0.2, -0.15) is 0 Å². The summed E-state index contributed by atoms with van der Waals surface area (Å²) in [6, 6.07) is 0. The maximum atomic E-state index is 10.8. The molecule has 0 aromatic carbocycles. The molecule has 0 aliphatic rings. The Balaban J connectivity index is 3.49. The van der Waals surface area contributed by atoms with Crippen molar-refractivity contribution in [2.45, 2.75) is 33.1 Å². The molecule has 2 heteroatoms. The average Bonchev–Trinajstić information content (AvgIpc) is 2.11. The summed E-state index contributed by atoms with van der Waals surface area (Å²) in [6.45, 7) is 4.38. The molecule has 0 unspecified atom stereocenters. The topological polar surface area (TPSA) is 26.3 Å². The summed E-state index contributed by atoms with van der Waals surface area (Å²) in [6.07, 6.45) is 10.6. The van der Waals surface area contributed by atoms with Gasteiger partial charge in [0.2, 0.25) is 0 Å². The fraction of sp³-hybridized carbons (Fsp3) is 0.545. The fourth-order valence-corrected chi connectivity index (χ4v) is 0.821. The molecule has 0 aliphatic heterocycles. The molecule has 0 saturated carbocycles. The second-order valence-corrected chi connectivity index (χ2v) is 2.68. The van der Waals surface area contributed by atoms with Crippen LogP contribution in [0.2, 0.25) is 0 Å². The van der Waals surface area contributed by atoms with E-state index in [-0.39, 0.29) is 5.97 Å². The smallest absolute Gasteiger partial charge is 0.330 e. The van der Waals surface area contributed by atoms with Gasteiger partial charge in [-0.15, -0.1) is 0 Å². The first kappa shape index (κ1) is 11.9. The summed E-state index contributed by atoms with van der Waals surface area (Å²) < 4.78 is 4.71. The minimum atomic E-state index is -0.275. The monoisotopic (exact) mass is 182 g/mol. The molecule has 74 valence electrons. The summed E-state index contributed by atoms with van der Waals surface area (Å²) in [5.41, 5.74) is 0. The van der Waals surface area contributed by atoms with Crippen LogP contribution in [0.1, 0.15) is 33.1 Å². The van der Waals surface area contributed by atoms with Gasteiger partial charge in [0, 0.05) is 6.08 Å². The third-order valence-corrected chi connectivity index (χ3v) is 1.49. The zero-order chi connectivity index (χ0) is 9.94. The van der Waals surface area contributed by atoms with Gasteiger partial charge in [0.15, 0.2) is 0 Å². The Kier molecular flexibility index (Phi) is 8.31. The Labute approximate surface area is 80.3 Å². The molecule has 0 fully saturated rings. The third-order valence-electron chi connectivity index (χ3n) is 1.49. The molecule has 0 saturated heterocycles. The van der Waals surface area contributed by atoms with Crippen LogP contribution in [-0.2, 0) is 9.53 Å². The summed E-state index contributed by atoms with van der Waals surface area (Å²) in [4.78, 5) is 10.8. The van der Waals surface area contributed by atoms with Crippen molar-refractivity contribution in [3.8, 4) is 0 Å². The van der Waals surface area contributed by atoms with Crippen LogP contribution in [0.25, 0.3) is 0 Å². The van der Waals surface area contributed by atoms with Crippen LogP contribution in [0.4, 0.5) is 0 Å². The Bertz CT molecular complexity index is 181. The Morgan fingerprint density at radius 3 is 2.69 bits per heavy atom. The van der Waals surface area contributed by atoms with Gasteiger partial charge in [-0.3, -0.25) is 0 Å². The SMILES string of the molecule is CCCC/C=C\C=C/C(=O)OCC. The van der Waals surface area contributed by atoms with E-state index in [4.69, 9.17) is 4.74 Å². The highest BCUT2D eigenvalue weighted by Crippen LogP contribution is 1.94. The largest absolute Gasteiger partial charge is 0.463 e. The van der Waals surface area contributed by atoms with E-state index in [1.807, 2.05) is 6.08 Å². The first-order valence-corrected chi connectivity index (χ1v) is 4.81. The molecule has 0 aliphatic carbocycles. The van der Waals surface area contributed by atoms with Gasteiger partial charge in [-0.25, -0.2) is 4.79 Å². The van der Waals surface area contributed by atoms with Crippen molar-refractivity contribution in [3.63, 3.8) is 0 Å². The predicted octanol–water partition coefficient (Wildman–Crippen LogP) is 2.85. The van der Waals surface area contributed by atoms with Gasteiger partial charge in [-0.05, 0) is 13.3 Å². The number of ether oxygens (including phenoxy) is 1. The van der Waals surface area contributed by atoms with Crippen LogP contribution in [0.5, 0.6) is 0 Å². The van der Waals surface area contributed by atoms with Crippen molar-refractivity contribution in [2.75, 3.05) is 6.61 Å². The van der Waals surface area contributed by atoms with Crippen LogP contribution in [-0.4, -0.2) is 12.6 Å². The summed E-state index contributed by atoms with van der Waals surface area (Å²) >= 11 is 0. The van der Waals surface area contributed by atoms with Crippen molar-refractivity contribution in [3.05, 3.63) is 24.3 Å². The summed E-state index contributed by atoms with van der Waals surface area (Å²) in [5.74, 6) is -0.275. The number of carbonyl (C=O) groups excluding carboxylic acids is 1. The van der Waals surface area contributed by atoms with E-state index < -0.39 is 0 Å². The van der Waals surface area contributed by atoms with Gasteiger partial charge in [0.25, 0.3) is 0 Å². The summed E-state index contributed by atoms with van der Waals surface area (Å²) in [7, 11) is 0. The van der Waals surface area contributed by atoms with Crippen LogP contribution in [0.15, 0.2) is 24.3 Å². The lowest BCUT2D eigenvalue weighted by Crippen LogP contribution is -1.98. The maximum Gasteiger partial charge on any atom is 0.330 e. The van der Waals surface area contributed by atoms with E-state index in [2.05, 4.69) is 13.0 Å². The van der Waals surface area contributed by atoms with Crippen molar-refractivity contribution < 1.29 is 9.53 Å². The highest BCUT2D eigenvalue weighted by molar-refractivity contribution is 5.82. The molecule has 2 nitrogen and oxygen atoms in total. The Morgan fingerprint density at radius 2 is 2.08 bits per heavy atom. The normalized spacial score (nSPS) is 11.2. The van der Waals surface area contributed by atoms with Crippen molar-refractivity contribution in [2.24, 2.45) is 0 Å². The van der Waals surface area contributed by atoms with Gasteiger partial charge in [0.1, 0.15) is 0 Å². The van der Waals surface area contributed by atoms with Crippen LogP contribution in [0, 0.1) is 0 Å². The average molecular weight is 182 g/mol. The quantitative estimate of drug-likeness (QED) is 0.273. The van der Waals surface area contributed by atoms with Crippen molar-refractivity contribution >= 4 is 5.97 Å². The lowest BCUT2D eigenvalue weighted by atomic mass is 10.2. The van der Waals surface area contributed by atoms with E-state index in [0.29, 0.717) is 6.61 Å². The molecule has 0 aromatic heterocycles. The molecule has 0 heterocycles. The highest BCUT2D eigenvalue weighted by atomic mass is 16.5. The van der Waals surface area contributed by atoms with Crippen LogP contribution < -0.4 is 0 Å². The van der Waals surface area contributed by atoms with Crippen molar-refractivity contribution in [1.29, 1.82) is 0 Å². The molecule has 0 spiro atoms. The Morgan fingerprint density at radius 1 is 1.31 bits per heavy atom. The molecule has 0 amide bonds. The van der Waals surface area contributed by atoms with Crippen LogP contribution >= 0.6 is 0 Å². The van der Waals surface area contributed by atoms with Gasteiger partial charge in [-0.1, -0.05) is 38.0 Å². The molecular formula is C11H18O2. The van der Waals surface area contributed by atoms with Gasteiger partial charge in [0.05, 0.1) is 6.61 Å². The number of unbranched alkanes of at least 4 members (excludes halogenated alkanes) is 2. The minimum absolute atomic E-state index is 0.275. The number of hydrogen-bond acceptors (Lipinski definition) is 2. The van der Waals surface area contributed by atoms with Crippen LogP contribution in [0.3, 0.4) is 0 Å². The highest BCUT2D eigenvalue weighted by Gasteiger charge is 1.89. The standard InChI is InChI=1S/C11H18O2/c1-3-5-6-7-8-9-10-11(12)13-4-2/h7-10H,3-6H2,1-2H3/b8-7-,10-9-. The van der Waals surface area contributed by atoms with Gasteiger partial charge >= 0.3 is 5.97 Å². The molecule has 0 bridgehead atoms. The first-order valence-electron chi connectivity index (χ1n) is 4.81. The van der Waals surface area contributed by atoms with Gasteiger partial charge < -0.3 is 4.74 Å². The number of allylic oxidation sites excluding steroid dienone is 3. The van der Waals surface area contributed by atoms with E-state index in [0.717, 1.165) is 6.42 Å². The maximum absolute atomic E-state index is 10.8. The van der Waals surface area contributed by atoms with E-state index in [1.54, 1.807) is 13.0 Å². The molecule has 0 radical (unpaired) electrons. The fourth-order valence-electron chi connectivity index (χ4n) is 0.821. The molecule has 0 atom stereocenters. The lowest BCUT2D eigenvalue weighted by Gasteiger charge is -1.92.